The van der Waals surface area contributed by atoms with Crippen LogP contribution in [0.15, 0.2) is 49.1 Å². The van der Waals surface area contributed by atoms with Gasteiger partial charge in [0.2, 0.25) is 0 Å². The molecular weight excluding hydrogens is 309 g/mol. The highest BCUT2D eigenvalue weighted by Crippen LogP contribution is 2.20. The molecule has 6 nitrogen and oxygen atoms in total. The lowest BCUT2D eigenvalue weighted by molar-refractivity contribution is 0.160. The molecule has 0 fully saturated rings. The van der Waals surface area contributed by atoms with Crippen molar-refractivity contribution >= 4 is 5.82 Å². The van der Waals surface area contributed by atoms with Crippen molar-refractivity contribution in [3.63, 3.8) is 0 Å². The molecule has 0 bridgehead atoms. The number of hydrogen-bond acceptors (Lipinski definition) is 5. The Morgan fingerprint density at radius 2 is 1.96 bits per heavy atom. The third-order valence-electron chi connectivity index (χ3n) is 3.76. The van der Waals surface area contributed by atoms with Gasteiger partial charge in [0.05, 0.1) is 24.5 Å². The highest BCUT2D eigenvalue weighted by molar-refractivity contribution is 5.38. The number of hydrogen-bond donors (Lipinski definition) is 2. The molecule has 24 heavy (non-hydrogen) atoms. The standard InChI is InChI=1S/C17H18FN5O/c1-11(17(24)13-3-5-14(18)6-4-13)21-15-9-19-10-16(22-15)23-8-7-20-12(23)2/h3-11,17,24H,1-2H3,(H,21,22)/t11-,17+/m1/s1. The van der Waals surface area contributed by atoms with E-state index >= 15 is 0 Å². The zero-order valence-electron chi connectivity index (χ0n) is 13.4. The Labute approximate surface area is 139 Å². The maximum absolute atomic E-state index is 13.0. The molecule has 2 N–H and O–H groups in total. The van der Waals surface area contributed by atoms with E-state index in [1.54, 1.807) is 36.9 Å². The minimum atomic E-state index is -0.800. The zero-order chi connectivity index (χ0) is 17.1. The number of aliphatic hydroxyl groups excluding tert-OH is 1. The van der Waals surface area contributed by atoms with Gasteiger partial charge >= 0.3 is 0 Å². The highest BCUT2D eigenvalue weighted by atomic mass is 19.1. The molecule has 2 heterocycles. The van der Waals surface area contributed by atoms with E-state index in [0.29, 0.717) is 17.2 Å². The minimum Gasteiger partial charge on any atom is -0.386 e. The average Bonchev–Trinajstić information content (AvgIpc) is 3.01. The van der Waals surface area contributed by atoms with Crippen LogP contribution in [0.5, 0.6) is 0 Å². The molecule has 124 valence electrons. The lowest BCUT2D eigenvalue weighted by atomic mass is 10.0. The van der Waals surface area contributed by atoms with Crippen molar-refractivity contribution in [3.8, 4) is 5.82 Å². The van der Waals surface area contributed by atoms with E-state index < -0.39 is 6.10 Å². The van der Waals surface area contributed by atoms with Crippen molar-refractivity contribution in [2.24, 2.45) is 0 Å². The van der Waals surface area contributed by atoms with E-state index in [9.17, 15) is 9.50 Å². The van der Waals surface area contributed by atoms with E-state index in [1.807, 2.05) is 18.4 Å². The summed E-state index contributed by atoms with van der Waals surface area (Å²) in [7, 11) is 0. The summed E-state index contributed by atoms with van der Waals surface area (Å²) in [5.41, 5.74) is 0.631. The zero-order valence-corrected chi connectivity index (χ0v) is 13.4. The van der Waals surface area contributed by atoms with Gasteiger partial charge < -0.3 is 10.4 Å². The second-order valence-electron chi connectivity index (χ2n) is 5.54. The molecule has 3 aromatic rings. The molecule has 0 unspecified atom stereocenters. The molecule has 0 spiro atoms. The number of benzene rings is 1. The van der Waals surface area contributed by atoms with Crippen LogP contribution < -0.4 is 5.32 Å². The fourth-order valence-electron chi connectivity index (χ4n) is 2.42. The molecule has 0 saturated heterocycles. The van der Waals surface area contributed by atoms with E-state index in [0.717, 1.165) is 5.82 Å². The molecule has 2 atom stereocenters. The van der Waals surface area contributed by atoms with Gasteiger partial charge in [0.25, 0.3) is 0 Å². The minimum absolute atomic E-state index is 0.330. The average molecular weight is 327 g/mol. The number of aliphatic hydroxyl groups is 1. The van der Waals surface area contributed by atoms with Crippen molar-refractivity contribution < 1.29 is 9.50 Å². The first-order valence-electron chi connectivity index (χ1n) is 7.57. The van der Waals surface area contributed by atoms with Crippen molar-refractivity contribution in [2.75, 3.05) is 5.32 Å². The lowest BCUT2D eigenvalue weighted by Crippen LogP contribution is -2.25. The molecule has 2 aromatic heterocycles. The Morgan fingerprint density at radius 3 is 2.62 bits per heavy atom. The third-order valence-corrected chi connectivity index (χ3v) is 3.76. The Kier molecular flexibility index (Phi) is 4.52. The summed E-state index contributed by atoms with van der Waals surface area (Å²) in [4.78, 5) is 12.8. The van der Waals surface area contributed by atoms with Crippen LogP contribution in [-0.2, 0) is 0 Å². The van der Waals surface area contributed by atoms with E-state index in [-0.39, 0.29) is 11.9 Å². The number of halogens is 1. The molecule has 0 radical (unpaired) electrons. The number of anilines is 1. The van der Waals surface area contributed by atoms with Gasteiger partial charge in [0, 0.05) is 12.4 Å². The van der Waals surface area contributed by atoms with Crippen molar-refractivity contribution in [1.82, 2.24) is 19.5 Å². The summed E-state index contributed by atoms with van der Waals surface area (Å²) in [6.45, 7) is 3.70. The van der Waals surface area contributed by atoms with Crippen molar-refractivity contribution in [1.29, 1.82) is 0 Å². The van der Waals surface area contributed by atoms with Crippen LogP contribution in [0.2, 0.25) is 0 Å². The van der Waals surface area contributed by atoms with Crippen LogP contribution in [0.4, 0.5) is 10.2 Å². The fraction of sp³-hybridized carbons (Fsp3) is 0.235. The van der Waals surface area contributed by atoms with E-state index in [1.165, 1.54) is 12.1 Å². The highest BCUT2D eigenvalue weighted by Gasteiger charge is 2.17. The maximum atomic E-state index is 13.0. The predicted molar refractivity (Wildman–Crippen MR) is 88.3 cm³/mol. The Hall–Kier alpha value is -2.80. The summed E-state index contributed by atoms with van der Waals surface area (Å²) in [6.07, 6.45) is 5.92. The summed E-state index contributed by atoms with van der Waals surface area (Å²) < 4.78 is 14.8. The van der Waals surface area contributed by atoms with Crippen LogP contribution in [0.1, 0.15) is 24.4 Å². The first-order valence-corrected chi connectivity index (χ1v) is 7.57. The molecular formula is C17H18FN5O. The molecule has 0 aliphatic rings. The SMILES string of the molecule is Cc1nccn1-c1cncc(N[C@H](C)[C@H](O)c2ccc(F)cc2)n1. The quantitative estimate of drug-likeness (QED) is 0.753. The fourth-order valence-corrected chi connectivity index (χ4v) is 2.42. The summed E-state index contributed by atoms with van der Waals surface area (Å²) in [5, 5.41) is 13.5. The van der Waals surface area contributed by atoms with Crippen molar-refractivity contribution in [3.05, 3.63) is 66.3 Å². The van der Waals surface area contributed by atoms with Gasteiger partial charge in [0.15, 0.2) is 5.82 Å². The van der Waals surface area contributed by atoms with Crippen LogP contribution in [0.3, 0.4) is 0 Å². The first kappa shape index (κ1) is 16.1. The number of rotatable bonds is 5. The number of imidazole rings is 1. The second-order valence-corrected chi connectivity index (χ2v) is 5.54. The second kappa shape index (κ2) is 6.76. The Bertz CT molecular complexity index is 818. The number of aryl methyl sites for hydroxylation is 1. The topological polar surface area (TPSA) is 75.9 Å². The number of nitrogens with one attached hydrogen (secondary N) is 1. The summed E-state index contributed by atoms with van der Waals surface area (Å²) >= 11 is 0. The van der Waals surface area contributed by atoms with Gasteiger partial charge in [-0.1, -0.05) is 12.1 Å². The smallest absolute Gasteiger partial charge is 0.159 e. The third kappa shape index (κ3) is 3.41. The van der Waals surface area contributed by atoms with Crippen LogP contribution in [0, 0.1) is 12.7 Å². The normalized spacial score (nSPS) is 13.5. The first-order chi connectivity index (χ1) is 11.5. The molecule has 0 aliphatic heterocycles. The van der Waals surface area contributed by atoms with E-state index in [2.05, 4.69) is 20.3 Å². The van der Waals surface area contributed by atoms with Gasteiger partial charge in [0.1, 0.15) is 17.5 Å². The predicted octanol–water partition coefficient (Wildman–Crippen LogP) is 2.64. The molecule has 0 aliphatic carbocycles. The lowest BCUT2D eigenvalue weighted by Gasteiger charge is -2.21. The largest absolute Gasteiger partial charge is 0.386 e. The monoisotopic (exact) mass is 327 g/mol. The number of nitrogens with zero attached hydrogens (tertiary/aromatic N) is 4. The summed E-state index contributed by atoms with van der Waals surface area (Å²) in [6, 6.07) is 5.45. The van der Waals surface area contributed by atoms with Crippen molar-refractivity contribution in [2.45, 2.75) is 26.0 Å². The van der Waals surface area contributed by atoms with Gasteiger partial charge in [-0.05, 0) is 31.5 Å². The van der Waals surface area contributed by atoms with E-state index in [4.69, 9.17) is 0 Å². The van der Waals surface area contributed by atoms with Crippen LogP contribution >= 0.6 is 0 Å². The Balaban J connectivity index is 1.76. The van der Waals surface area contributed by atoms with Crippen LogP contribution in [-0.4, -0.2) is 30.7 Å². The van der Waals surface area contributed by atoms with Crippen LogP contribution in [0.25, 0.3) is 5.82 Å². The molecule has 0 saturated carbocycles. The molecule has 7 heteroatoms. The number of aromatic nitrogens is 4. The molecule has 0 amide bonds. The van der Waals surface area contributed by atoms with Gasteiger partial charge in [-0.3, -0.25) is 9.55 Å². The maximum Gasteiger partial charge on any atom is 0.159 e. The van der Waals surface area contributed by atoms with Gasteiger partial charge in [-0.25, -0.2) is 14.4 Å². The van der Waals surface area contributed by atoms with Gasteiger partial charge in [-0.2, -0.15) is 0 Å². The molecule has 3 rings (SSSR count). The molecule has 1 aromatic carbocycles. The Morgan fingerprint density at radius 1 is 1.21 bits per heavy atom. The van der Waals surface area contributed by atoms with Gasteiger partial charge in [-0.15, -0.1) is 0 Å². The summed E-state index contributed by atoms with van der Waals surface area (Å²) in [5.74, 6) is 1.65.